The van der Waals surface area contributed by atoms with Gasteiger partial charge in [0, 0.05) is 6.04 Å². The van der Waals surface area contributed by atoms with E-state index < -0.39 is 11.7 Å². The maximum absolute atomic E-state index is 12.6. The topological polar surface area (TPSA) is 26.0 Å². The van der Waals surface area contributed by atoms with E-state index in [-0.39, 0.29) is 17.9 Å². The zero-order valence-corrected chi connectivity index (χ0v) is 9.67. The molecule has 1 aromatic rings. The molecule has 0 bridgehead atoms. The van der Waals surface area contributed by atoms with Crippen molar-refractivity contribution in [2.24, 2.45) is 11.7 Å². The van der Waals surface area contributed by atoms with Crippen molar-refractivity contribution < 1.29 is 13.2 Å². The second-order valence-electron chi connectivity index (χ2n) is 4.83. The molecule has 2 N–H and O–H groups in total. The van der Waals surface area contributed by atoms with E-state index in [0.717, 1.165) is 24.5 Å². The van der Waals surface area contributed by atoms with Gasteiger partial charge in [0.15, 0.2) is 0 Å². The van der Waals surface area contributed by atoms with E-state index in [4.69, 9.17) is 5.73 Å². The van der Waals surface area contributed by atoms with Crippen molar-refractivity contribution in [2.45, 2.75) is 37.9 Å². The van der Waals surface area contributed by atoms with Gasteiger partial charge in [-0.05, 0) is 36.3 Å². The lowest BCUT2D eigenvalue weighted by atomic mass is 9.88. The molecule has 3 atom stereocenters. The molecule has 0 heterocycles. The summed E-state index contributed by atoms with van der Waals surface area (Å²) in [6.45, 7) is 2.02. The van der Waals surface area contributed by atoms with Gasteiger partial charge in [-0.15, -0.1) is 0 Å². The molecule has 1 aliphatic carbocycles. The fourth-order valence-electron chi connectivity index (χ4n) is 2.61. The average molecular weight is 243 g/mol. The summed E-state index contributed by atoms with van der Waals surface area (Å²) in [6, 6.07) is 5.74. The molecule has 1 saturated carbocycles. The number of nitrogens with two attached hydrogens (primary N) is 1. The predicted octanol–water partition coefficient (Wildman–Crippen LogP) is 3.55. The Morgan fingerprint density at radius 2 is 1.94 bits per heavy atom. The van der Waals surface area contributed by atoms with Crippen LogP contribution in [0.3, 0.4) is 0 Å². The van der Waals surface area contributed by atoms with Crippen molar-refractivity contribution in [2.75, 3.05) is 0 Å². The first-order chi connectivity index (χ1) is 7.89. The zero-order valence-electron chi connectivity index (χ0n) is 9.67. The van der Waals surface area contributed by atoms with Crippen LogP contribution in [0.2, 0.25) is 0 Å². The Labute approximate surface area is 98.8 Å². The van der Waals surface area contributed by atoms with E-state index in [1.54, 1.807) is 6.07 Å². The molecular weight excluding hydrogens is 227 g/mol. The van der Waals surface area contributed by atoms with E-state index in [1.165, 1.54) is 12.1 Å². The van der Waals surface area contributed by atoms with Gasteiger partial charge in [0.25, 0.3) is 0 Å². The van der Waals surface area contributed by atoms with Crippen LogP contribution in [0.1, 0.15) is 36.8 Å². The molecule has 1 aromatic carbocycles. The standard InChI is InChI=1S/C13H16F3N/c1-8-11(5-6-12(8)17)9-3-2-4-10(7-9)13(14,15)16/h2-4,7-8,11-12H,5-6,17H2,1H3. The minimum Gasteiger partial charge on any atom is -0.327 e. The Morgan fingerprint density at radius 1 is 1.24 bits per heavy atom. The highest BCUT2D eigenvalue weighted by Gasteiger charge is 2.34. The minimum absolute atomic E-state index is 0.106. The van der Waals surface area contributed by atoms with E-state index in [1.807, 2.05) is 6.92 Å². The average Bonchev–Trinajstić information content (AvgIpc) is 2.59. The first-order valence-corrected chi connectivity index (χ1v) is 5.82. The van der Waals surface area contributed by atoms with Gasteiger partial charge >= 0.3 is 6.18 Å². The van der Waals surface area contributed by atoms with Crippen molar-refractivity contribution in [1.82, 2.24) is 0 Å². The second kappa shape index (κ2) is 4.33. The molecule has 3 unspecified atom stereocenters. The molecule has 1 fully saturated rings. The molecule has 0 saturated heterocycles. The quantitative estimate of drug-likeness (QED) is 0.802. The van der Waals surface area contributed by atoms with Gasteiger partial charge in [0.05, 0.1) is 5.56 Å². The lowest BCUT2D eigenvalue weighted by Crippen LogP contribution is -2.24. The summed E-state index contributed by atoms with van der Waals surface area (Å²) in [4.78, 5) is 0. The Bertz CT molecular complexity index is 400. The number of hydrogen-bond donors (Lipinski definition) is 1. The highest BCUT2D eigenvalue weighted by Crippen LogP contribution is 2.40. The van der Waals surface area contributed by atoms with Crippen LogP contribution in [0.25, 0.3) is 0 Å². The third-order valence-corrected chi connectivity index (χ3v) is 3.76. The van der Waals surface area contributed by atoms with Crippen molar-refractivity contribution in [1.29, 1.82) is 0 Å². The monoisotopic (exact) mass is 243 g/mol. The molecule has 1 nitrogen and oxygen atoms in total. The minimum atomic E-state index is -4.26. The van der Waals surface area contributed by atoms with Crippen LogP contribution in [-0.4, -0.2) is 6.04 Å². The predicted molar refractivity (Wildman–Crippen MR) is 60.6 cm³/mol. The Hall–Kier alpha value is -1.03. The maximum Gasteiger partial charge on any atom is 0.416 e. The summed E-state index contributed by atoms with van der Waals surface area (Å²) in [5, 5.41) is 0. The molecule has 0 aromatic heterocycles. The van der Waals surface area contributed by atoms with Crippen LogP contribution in [0.4, 0.5) is 13.2 Å². The first-order valence-electron chi connectivity index (χ1n) is 5.82. The first kappa shape index (κ1) is 12.4. The molecule has 0 amide bonds. The smallest absolute Gasteiger partial charge is 0.327 e. The summed E-state index contributed by atoms with van der Waals surface area (Å²) in [5.74, 6) is 0.408. The van der Waals surface area contributed by atoms with Crippen LogP contribution in [-0.2, 0) is 6.18 Å². The second-order valence-corrected chi connectivity index (χ2v) is 4.83. The Morgan fingerprint density at radius 3 is 2.47 bits per heavy atom. The molecule has 17 heavy (non-hydrogen) atoms. The molecule has 4 heteroatoms. The van der Waals surface area contributed by atoms with Gasteiger partial charge in [-0.25, -0.2) is 0 Å². The van der Waals surface area contributed by atoms with Crippen molar-refractivity contribution in [3.8, 4) is 0 Å². The van der Waals surface area contributed by atoms with Crippen molar-refractivity contribution >= 4 is 0 Å². The molecule has 2 rings (SSSR count). The number of halogens is 3. The van der Waals surface area contributed by atoms with Gasteiger partial charge in [-0.1, -0.05) is 25.1 Å². The van der Waals surface area contributed by atoms with E-state index in [0.29, 0.717) is 0 Å². The molecule has 0 radical (unpaired) electrons. The van der Waals surface area contributed by atoms with Crippen molar-refractivity contribution in [3.63, 3.8) is 0 Å². The van der Waals surface area contributed by atoms with Gasteiger partial charge in [-0.3, -0.25) is 0 Å². The van der Waals surface area contributed by atoms with E-state index in [9.17, 15) is 13.2 Å². The summed E-state index contributed by atoms with van der Waals surface area (Å²) in [7, 11) is 0. The van der Waals surface area contributed by atoms with Gasteiger partial charge in [-0.2, -0.15) is 13.2 Å². The maximum atomic E-state index is 12.6. The molecular formula is C13H16F3N. The summed E-state index contributed by atoms with van der Waals surface area (Å²) in [6.07, 6.45) is -2.49. The largest absolute Gasteiger partial charge is 0.416 e. The number of alkyl halides is 3. The van der Waals surface area contributed by atoms with Crippen molar-refractivity contribution in [3.05, 3.63) is 35.4 Å². The molecule has 0 spiro atoms. The lowest BCUT2D eigenvalue weighted by Gasteiger charge is -2.19. The highest BCUT2D eigenvalue weighted by atomic mass is 19.4. The number of benzene rings is 1. The normalized spacial score (nSPS) is 29.6. The van der Waals surface area contributed by atoms with Crippen LogP contribution in [0.5, 0.6) is 0 Å². The van der Waals surface area contributed by atoms with Gasteiger partial charge in [0.2, 0.25) is 0 Å². The van der Waals surface area contributed by atoms with Gasteiger partial charge < -0.3 is 5.73 Å². The Kier molecular flexibility index (Phi) is 3.17. The summed E-state index contributed by atoms with van der Waals surface area (Å²) in [5.41, 5.74) is 6.10. The summed E-state index contributed by atoms with van der Waals surface area (Å²) < 4.78 is 37.8. The van der Waals surface area contributed by atoms with E-state index in [2.05, 4.69) is 0 Å². The van der Waals surface area contributed by atoms with Crippen LogP contribution < -0.4 is 5.73 Å². The fraction of sp³-hybridized carbons (Fsp3) is 0.538. The molecule has 1 aliphatic rings. The lowest BCUT2D eigenvalue weighted by molar-refractivity contribution is -0.137. The zero-order chi connectivity index (χ0) is 12.6. The highest BCUT2D eigenvalue weighted by molar-refractivity contribution is 5.29. The third-order valence-electron chi connectivity index (χ3n) is 3.76. The summed E-state index contributed by atoms with van der Waals surface area (Å²) >= 11 is 0. The number of hydrogen-bond acceptors (Lipinski definition) is 1. The van der Waals surface area contributed by atoms with Crippen LogP contribution >= 0.6 is 0 Å². The molecule has 94 valence electrons. The Balaban J connectivity index is 2.28. The number of rotatable bonds is 1. The fourth-order valence-corrected chi connectivity index (χ4v) is 2.61. The molecule has 0 aliphatic heterocycles. The SMILES string of the molecule is CC1C(N)CCC1c1cccc(C(F)(F)F)c1. The van der Waals surface area contributed by atoms with E-state index >= 15 is 0 Å². The van der Waals surface area contributed by atoms with Crippen LogP contribution in [0.15, 0.2) is 24.3 Å². The van der Waals surface area contributed by atoms with Crippen LogP contribution in [0, 0.1) is 5.92 Å². The van der Waals surface area contributed by atoms with Gasteiger partial charge in [0.1, 0.15) is 0 Å². The third kappa shape index (κ3) is 2.46.